The number of hydrogen-bond acceptors (Lipinski definition) is 1. The van der Waals surface area contributed by atoms with E-state index in [-0.39, 0.29) is 51.4 Å². The fourth-order valence-corrected chi connectivity index (χ4v) is 0.993. The molecule has 1 aromatic rings. The molecule has 0 fully saturated rings. The molecule has 0 aliphatic carbocycles. The number of primary amides is 1. The Bertz CT molecular complexity index is 382. The van der Waals surface area contributed by atoms with E-state index in [9.17, 15) is 22.1 Å². The van der Waals surface area contributed by atoms with Crippen LogP contribution in [-0.4, -0.2) is 12.9 Å². The van der Waals surface area contributed by atoms with Gasteiger partial charge in [-0.2, -0.15) is 0 Å². The van der Waals surface area contributed by atoms with Crippen LogP contribution >= 0.6 is 0 Å². The first-order chi connectivity index (χ1) is 6.34. The van der Waals surface area contributed by atoms with Crippen LogP contribution < -0.4 is 62.6 Å². The molecule has 0 aliphatic heterocycles. The Kier molecular flexibility index (Phi) is 5.48. The second-order valence-corrected chi connectivity index (χ2v) is 2.65. The van der Waals surface area contributed by atoms with Crippen molar-refractivity contribution in [3.63, 3.8) is 0 Å². The summed E-state index contributed by atoms with van der Waals surface area (Å²) < 4.78 is 49.5. The molecule has 0 saturated carbocycles. The molecule has 8 heteroatoms. The van der Waals surface area contributed by atoms with Gasteiger partial charge in [0.2, 0.25) is 0 Å². The Balaban J connectivity index is 0.00000196. The zero-order chi connectivity index (χ0) is 10.9. The summed E-state index contributed by atoms with van der Waals surface area (Å²) in [5, 5.41) is 0. The topological polar surface area (TPSA) is 43.1 Å². The third kappa shape index (κ3) is 3.56. The van der Waals surface area contributed by atoms with E-state index in [4.69, 9.17) is 0 Å². The van der Waals surface area contributed by atoms with E-state index in [1.165, 1.54) is 0 Å². The normalized spacial score (nSPS) is 10.7. The van der Waals surface area contributed by atoms with Crippen molar-refractivity contribution in [2.24, 2.45) is 5.73 Å². The number of amides is 1. The zero-order valence-electron chi connectivity index (χ0n) is 7.81. The Morgan fingerprint density at radius 1 is 1.27 bits per heavy atom. The fraction of sp³-hybridized carbons (Fsp3) is 0. The molecule has 0 radical (unpaired) electrons. The minimum absolute atomic E-state index is 0. The molecular formula is C7H5BF4KNO. The maximum Gasteiger partial charge on any atom is 1.00 e. The average molecular weight is 245 g/mol. The minimum atomic E-state index is -5.46. The van der Waals surface area contributed by atoms with Crippen LogP contribution in [0, 0.1) is 5.82 Å². The quantitative estimate of drug-likeness (QED) is 0.474. The van der Waals surface area contributed by atoms with E-state index >= 15 is 0 Å². The van der Waals surface area contributed by atoms with E-state index in [2.05, 4.69) is 5.73 Å². The predicted molar refractivity (Wildman–Crippen MR) is 43.6 cm³/mol. The van der Waals surface area contributed by atoms with Gasteiger partial charge in [-0.15, -0.1) is 0 Å². The number of hydrogen-bond donors (Lipinski definition) is 1. The van der Waals surface area contributed by atoms with E-state index in [0.717, 1.165) is 12.1 Å². The second-order valence-electron chi connectivity index (χ2n) is 2.65. The molecule has 0 spiro atoms. The van der Waals surface area contributed by atoms with E-state index in [0.29, 0.717) is 6.07 Å². The first-order valence-corrected chi connectivity index (χ1v) is 3.62. The van der Waals surface area contributed by atoms with Crippen molar-refractivity contribution in [3.8, 4) is 0 Å². The third-order valence-corrected chi connectivity index (χ3v) is 1.65. The minimum Gasteiger partial charge on any atom is -0.445 e. The molecule has 0 aromatic heterocycles. The van der Waals surface area contributed by atoms with Gasteiger partial charge < -0.3 is 18.7 Å². The Morgan fingerprint density at radius 3 is 2.20 bits per heavy atom. The Hall–Kier alpha value is 0.111. The smallest absolute Gasteiger partial charge is 0.445 e. The first kappa shape index (κ1) is 15.1. The summed E-state index contributed by atoms with van der Waals surface area (Å²) in [4.78, 5) is 10.5. The summed E-state index contributed by atoms with van der Waals surface area (Å²) in [7, 11) is 0. The van der Waals surface area contributed by atoms with E-state index < -0.39 is 29.7 Å². The Labute approximate surface area is 126 Å². The van der Waals surface area contributed by atoms with Gasteiger partial charge in [0.05, 0.1) is 5.56 Å². The van der Waals surface area contributed by atoms with Crippen molar-refractivity contribution in [1.29, 1.82) is 0 Å². The van der Waals surface area contributed by atoms with Gasteiger partial charge in [-0.3, -0.25) is 4.79 Å². The molecule has 1 rings (SSSR count). The molecular weight excluding hydrogens is 240 g/mol. The molecule has 0 heterocycles. The van der Waals surface area contributed by atoms with Gasteiger partial charge in [0.25, 0.3) is 5.91 Å². The number of rotatable bonds is 2. The standard InChI is InChI=1S/C7H5BF4NO.K/c9-6-4(7(13)14)2-1-3-5(6)8(10,11)12;/h1-3H,(H2,13,14);/q-1;+1. The number of nitrogens with two attached hydrogens (primary N) is 1. The van der Waals surface area contributed by atoms with E-state index in [1.807, 2.05) is 0 Å². The molecule has 0 atom stereocenters. The van der Waals surface area contributed by atoms with Gasteiger partial charge in [-0.25, -0.2) is 4.39 Å². The Morgan fingerprint density at radius 2 is 1.80 bits per heavy atom. The molecule has 0 saturated heterocycles. The number of carbonyl (C=O) groups excluding carboxylic acids is 1. The van der Waals surface area contributed by atoms with Crippen molar-refractivity contribution in [3.05, 3.63) is 29.6 Å². The predicted octanol–water partition coefficient (Wildman–Crippen LogP) is -2.02. The van der Waals surface area contributed by atoms with Crippen LogP contribution in [0.5, 0.6) is 0 Å². The van der Waals surface area contributed by atoms with Gasteiger partial charge in [-0.05, 0) is 6.07 Å². The van der Waals surface area contributed by atoms with Gasteiger partial charge in [0.1, 0.15) is 5.82 Å². The van der Waals surface area contributed by atoms with Crippen LogP contribution in [0.25, 0.3) is 0 Å². The van der Waals surface area contributed by atoms with Crippen LogP contribution in [0.1, 0.15) is 10.4 Å². The fourth-order valence-electron chi connectivity index (χ4n) is 0.993. The van der Waals surface area contributed by atoms with Gasteiger partial charge >= 0.3 is 58.4 Å². The van der Waals surface area contributed by atoms with Crippen LogP contribution in [0.2, 0.25) is 0 Å². The SMILES string of the molecule is NC(=O)c1cccc([B-](F)(F)F)c1F.[K+]. The number of carbonyl (C=O) groups is 1. The zero-order valence-corrected chi connectivity index (χ0v) is 10.9. The molecule has 15 heavy (non-hydrogen) atoms. The maximum atomic E-state index is 13.0. The van der Waals surface area contributed by atoms with Gasteiger partial charge in [0.15, 0.2) is 0 Å². The van der Waals surface area contributed by atoms with Crippen molar-refractivity contribution >= 4 is 18.3 Å². The number of halogens is 4. The van der Waals surface area contributed by atoms with Crippen molar-refractivity contribution < 1.29 is 73.5 Å². The largest absolute Gasteiger partial charge is 1.00 e. The van der Waals surface area contributed by atoms with Crippen molar-refractivity contribution in [1.82, 2.24) is 0 Å². The first-order valence-electron chi connectivity index (χ1n) is 3.62. The summed E-state index contributed by atoms with van der Waals surface area (Å²) in [6.07, 6.45) is 0. The van der Waals surface area contributed by atoms with Crippen molar-refractivity contribution in [2.45, 2.75) is 0 Å². The van der Waals surface area contributed by atoms with E-state index in [1.54, 1.807) is 0 Å². The summed E-state index contributed by atoms with van der Waals surface area (Å²) in [5.41, 5.74) is 2.51. The van der Waals surface area contributed by atoms with Gasteiger partial charge in [0, 0.05) is 0 Å². The summed E-state index contributed by atoms with van der Waals surface area (Å²) in [6.45, 7) is -5.46. The second kappa shape index (κ2) is 5.44. The van der Waals surface area contributed by atoms with Crippen molar-refractivity contribution in [2.75, 3.05) is 0 Å². The number of benzene rings is 1. The molecule has 0 bridgehead atoms. The molecule has 0 aliphatic rings. The van der Waals surface area contributed by atoms with Crippen LogP contribution in [0.3, 0.4) is 0 Å². The molecule has 0 unspecified atom stereocenters. The molecule has 2 nitrogen and oxygen atoms in total. The van der Waals surface area contributed by atoms with Crippen LogP contribution in [0.15, 0.2) is 18.2 Å². The van der Waals surface area contributed by atoms with Gasteiger partial charge in [-0.1, -0.05) is 17.6 Å². The molecule has 1 amide bonds. The van der Waals surface area contributed by atoms with Crippen LogP contribution in [0.4, 0.5) is 17.3 Å². The third-order valence-electron chi connectivity index (χ3n) is 1.65. The maximum absolute atomic E-state index is 13.0. The summed E-state index contributed by atoms with van der Waals surface area (Å²) in [5.74, 6) is -2.82. The van der Waals surface area contributed by atoms with Crippen LogP contribution in [-0.2, 0) is 0 Å². The monoisotopic (exact) mass is 245 g/mol. The molecule has 2 N–H and O–H groups in total. The molecule has 1 aromatic carbocycles. The summed E-state index contributed by atoms with van der Waals surface area (Å²) in [6, 6.07) is 2.42. The summed E-state index contributed by atoms with van der Waals surface area (Å²) >= 11 is 0. The average Bonchev–Trinajstić information content (AvgIpc) is 2.01. The molecule has 76 valence electrons.